The highest BCUT2D eigenvalue weighted by Crippen LogP contribution is 2.22. The summed E-state index contributed by atoms with van der Waals surface area (Å²) in [6.07, 6.45) is -3.71. The van der Waals surface area contributed by atoms with E-state index < -0.39 is 37.2 Å². The van der Waals surface area contributed by atoms with E-state index in [9.17, 15) is 22.8 Å². The second-order valence-electron chi connectivity index (χ2n) is 3.68. The fourth-order valence-electron chi connectivity index (χ4n) is 1.18. The molecule has 9 heteroatoms. The average Bonchev–Trinajstić information content (AvgIpc) is 2.33. The van der Waals surface area contributed by atoms with E-state index in [0.29, 0.717) is 0 Å². The van der Waals surface area contributed by atoms with Crippen molar-refractivity contribution >= 4 is 11.9 Å². The number of halogens is 3. The Bertz CT molecular complexity index is 515. The molecule has 0 radical (unpaired) electrons. The molecule has 0 aliphatic carbocycles. The fourth-order valence-corrected chi connectivity index (χ4v) is 1.18. The molecule has 6 nitrogen and oxygen atoms in total. The first-order chi connectivity index (χ1) is 9.19. The number of esters is 1. The van der Waals surface area contributed by atoms with Gasteiger partial charge in [0.15, 0.2) is 6.61 Å². The lowest BCUT2D eigenvalue weighted by molar-refractivity contribution is -0.154. The molecule has 1 N–H and O–H groups in total. The summed E-state index contributed by atoms with van der Waals surface area (Å²) in [5.41, 5.74) is -0.323. The zero-order chi connectivity index (χ0) is 15.3. The van der Waals surface area contributed by atoms with Gasteiger partial charge in [0.1, 0.15) is 6.61 Å². The summed E-state index contributed by atoms with van der Waals surface area (Å²) in [7, 11) is 0. The molecule has 1 aromatic heterocycles. The van der Waals surface area contributed by atoms with E-state index in [0.717, 1.165) is 19.2 Å². The smallest absolute Gasteiger partial charge is 0.422 e. The van der Waals surface area contributed by atoms with Crippen LogP contribution >= 0.6 is 0 Å². The molecule has 110 valence electrons. The monoisotopic (exact) mass is 293 g/mol. The molecule has 0 unspecified atom stereocenters. The Morgan fingerprint density at radius 2 is 2.05 bits per heavy atom. The van der Waals surface area contributed by atoms with Crippen molar-refractivity contribution in [2.24, 2.45) is 0 Å². The fraction of sp³-hybridized carbons (Fsp3) is 0.364. The van der Waals surface area contributed by atoms with Gasteiger partial charge in [-0.2, -0.15) is 13.2 Å². The third-order valence-corrected chi connectivity index (χ3v) is 1.98. The second kappa shape index (κ2) is 6.22. The predicted octanol–water partition coefficient (Wildman–Crippen LogP) is 1.78. The summed E-state index contributed by atoms with van der Waals surface area (Å²) in [4.78, 5) is 24.9. The van der Waals surface area contributed by atoms with Gasteiger partial charge in [-0.05, 0) is 6.07 Å². The molecule has 1 heterocycles. The Kier molecular flexibility index (Phi) is 4.89. The van der Waals surface area contributed by atoms with Crippen molar-refractivity contribution in [3.05, 3.63) is 23.4 Å². The van der Waals surface area contributed by atoms with Gasteiger partial charge in [0, 0.05) is 13.1 Å². The van der Waals surface area contributed by atoms with Crippen molar-refractivity contribution in [2.45, 2.75) is 19.7 Å². The topological polar surface area (TPSA) is 85.7 Å². The van der Waals surface area contributed by atoms with E-state index in [2.05, 4.69) is 14.5 Å². The van der Waals surface area contributed by atoms with Gasteiger partial charge in [0.05, 0.1) is 11.1 Å². The molecule has 0 aliphatic rings. The maximum Gasteiger partial charge on any atom is 0.422 e. The first-order valence-corrected chi connectivity index (χ1v) is 5.24. The molecular weight excluding hydrogens is 283 g/mol. The minimum Gasteiger partial charge on any atom is -0.478 e. The van der Waals surface area contributed by atoms with Gasteiger partial charge in [-0.1, -0.05) is 0 Å². The van der Waals surface area contributed by atoms with Gasteiger partial charge in [-0.25, -0.2) is 9.78 Å². The number of ether oxygens (including phenoxy) is 2. The highest BCUT2D eigenvalue weighted by atomic mass is 19.4. The maximum atomic E-state index is 12.1. The molecule has 0 saturated heterocycles. The van der Waals surface area contributed by atoms with Crippen LogP contribution in [0.1, 0.15) is 22.8 Å². The number of aromatic nitrogens is 1. The Morgan fingerprint density at radius 3 is 2.55 bits per heavy atom. The number of hydrogen-bond acceptors (Lipinski definition) is 5. The van der Waals surface area contributed by atoms with Gasteiger partial charge in [-0.15, -0.1) is 0 Å². The van der Waals surface area contributed by atoms with E-state index in [1.165, 1.54) is 0 Å². The summed E-state index contributed by atoms with van der Waals surface area (Å²) in [6, 6.07) is 1.03. The number of nitrogens with zero attached hydrogens (tertiary/aromatic N) is 1. The standard InChI is InChI=1S/C11H10F3NO5/c1-6(16)19-4-8-2-7(10(17)18)3-15-9(8)20-5-11(12,13)14/h2-3H,4-5H2,1H3,(H,17,18). The number of pyridine rings is 1. The molecule has 0 amide bonds. The minimum atomic E-state index is -4.56. The van der Waals surface area contributed by atoms with Gasteiger partial charge in [0.2, 0.25) is 5.88 Å². The molecule has 0 saturated carbocycles. The highest BCUT2D eigenvalue weighted by molar-refractivity contribution is 5.87. The van der Waals surface area contributed by atoms with Crippen LogP contribution in [0.4, 0.5) is 13.2 Å². The number of aromatic carboxylic acids is 1. The van der Waals surface area contributed by atoms with Crippen LogP contribution in [0.15, 0.2) is 12.3 Å². The normalized spacial score (nSPS) is 11.0. The van der Waals surface area contributed by atoms with Crippen LogP contribution in [0.5, 0.6) is 5.88 Å². The molecule has 1 rings (SSSR count). The van der Waals surface area contributed by atoms with Gasteiger partial charge in [0.25, 0.3) is 0 Å². The molecule has 0 bridgehead atoms. The molecule has 0 atom stereocenters. The van der Waals surface area contributed by atoms with Crippen LogP contribution in [0.2, 0.25) is 0 Å². The summed E-state index contributed by atoms with van der Waals surface area (Å²) < 4.78 is 45.2. The SMILES string of the molecule is CC(=O)OCc1cc(C(=O)O)cnc1OCC(F)(F)F. The molecular formula is C11H10F3NO5. The minimum absolute atomic E-state index is 0.0654. The number of carboxylic acid groups (broad SMARTS) is 1. The number of rotatable bonds is 5. The van der Waals surface area contributed by atoms with Crippen LogP contribution in [-0.2, 0) is 16.1 Å². The number of carbonyl (C=O) groups excluding carboxylic acids is 1. The quantitative estimate of drug-likeness (QED) is 0.833. The van der Waals surface area contributed by atoms with Gasteiger partial charge < -0.3 is 14.6 Å². The summed E-state index contributed by atoms with van der Waals surface area (Å²) in [5.74, 6) is -2.43. The Balaban J connectivity index is 2.95. The van der Waals surface area contributed by atoms with Crippen molar-refractivity contribution in [2.75, 3.05) is 6.61 Å². The summed E-state index contributed by atoms with van der Waals surface area (Å²) in [6.45, 7) is -0.916. The van der Waals surface area contributed by atoms with Crippen molar-refractivity contribution < 1.29 is 37.3 Å². The van der Waals surface area contributed by atoms with Crippen molar-refractivity contribution in [1.29, 1.82) is 0 Å². The lowest BCUT2D eigenvalue weighted by Gasteiger charge is -2.12. The van der Waals surface area contributed by atoms with E-state index in [1.807, 2.05) is 0 Å². The molecule has 20 heavy (non-hydrogen) atoms. The molecule has 0 spiro atoms. The van der Waals surface area contributed by atoms with E-state index in [1.54, 1.807) is 0 Å². The van der Waals surface area contributed by atoms with Gasteiger partial charge >= 0.3 is 18.1 Å². The van der Waals surface area contributed by atoms with E-state index in [4.69, 9.17) is 5.11 Å². The number of carboxylic acids is 1. The predicted molar refractivity (Wildman–Crippen MR) is 58.2 cm³/mol. The lowest BCUT2D eigenvalue weighted by Crippen LogP contribution is -2.20. The highest BCUT2D eigenvalue weighted by Gasteiger charge is 2.29. The lowest BCUT2D eigenvalue weighted by atomic mass is 10.2. The number of carbonyl (C=O) groups is 2. The van der Waals surface area contributed by atoms with Crippen LogP contribution in [-0.4, -0.2) is 34.8 Å². The van der Waals surface area contributed by atoms with Crippen molar-refractivity contribution in [3.8, 4) is 5.88 Å². The van der Waals surface area contributed by atoms with E-state index in [-0.39, 0.29) is 11.1 Å². The van der Waals surface area contributed by atoms with Crippen LogP contribution in [0, 0.1) is 0 Å². The Labute approximate surface area is 111 Å². The first-order valence-electron chi connectivity index (χ1n) is 5.24. The van der Waals surface area contributed by atoms with Crippen LogP contribution in [0.25, 0.3) is 0 Å². The Hall–Kier alpha value is -2.32. The maximum absolute atomic E-state index is 12.1. The third-order valence-electron chi connectivity index (χ3n) is 1.98. The van der Waals surface area contributed by atoms with Gasteiger partial charge in [-0.3, -0.25) is 4.79 Å². The first kappa shape index (κ1) is 15.7. The van der Waals surface area contributed by atoms with Crippen molar-refractivity contribution in [1.82, 2.24) is 4.98 Å². The number of alkyl halides is 3. The molecule has 0 fully saturated rings. The molecule has 0 aromatic carbocycles. The van der Waals surface area contributed by atoms with Crippen LogP contribution in [0.3, 0.4) is 0 Å². The second-order valence-corrected chi connectivity index (χ2v) is 3.68. The van der Waals surface area contributed by atoms with Crippen LogP contribution < -0.4 is 4.74 Å². The average molecular weight is 293 g/mol. The Morgan fingerprint density at radius 1 is 1.40 bits per heavy atom. The summed E-state index contributed by atoms with van der Waals surface area (Å²) >= 11 is 0. The zero-order valence-electron chi connectivity index (χ0n) is 10.2. The summed E-state index contributed by atoms with van der Waals surface area (Å²) in [5, 5.41) is 8.77. The van der Waals surface area contributed by atoms with E-state index >= 15 is 0 Å². The van der Waals surface area contributed by atoms with Crippen molar-refractivity contribution in [3.63, 3.8) is 0 Å². The number of hydrogen-bond donors (Lipinski definition) is 1. The zero-order valence-corrected chi connectivity index (χ0v) is 10.2. The molecule has 1 aromatic rings. The largest absolute Gasteiger partial charge is 0.478 e. The third kappa shape index (κ3) is 5.12. The molecule has 0 aliphatic heterocycles.